The van der Waals surface area contributed by atoms with Crippen molar-refractivity contribution in [2.75, 3.05) is 17.3 Å². The maximum absolute atomic E-state index is 13.0. The van der Waals surface area contributed by atoms with Crippen LogP contribution in [0.2, 0.25) is 0 Å². The van der Waals surface area contributed by atoms with Crippen LogP contribution in [0.3, 0.4) is 0 Å². The zero-order valence-electron chi connectivity index (χ0n) is 16.2. The number of hydrogen-bond donors (Lipinski definition) is 1. The summed E-state index contributed by atoms with van der Waals surface area (Å²) in [5.74, 6) is -0.0895. The van der Waals surface area contributed by atoms with Crippen molar-refractivity contribution in [3.05, 3.63) is 70.2 Å². The Kier molecular flexibility index (Phi) is 5.91. The predicted octanol–water partition coefficient (Wildman–Crippen LogP) is 5.60. The van der Waals surface area contributed by atoms with Crippen LogP contribution in [0.15, 0.2) is 48.5 Å². The van der Waals surface area contributed by atoms with Crippen LogP contribution in [-0.4, -0.2) is 17.9 Å². The standard InChI is InChI=1S/C22H25N3OS/c1-5-16-11-10-12-17(6-2)19(16)24-21(26)20-15(3)23-22(27-20)25(4)18-13-8-7-9-14-18/h7-14H,5-6H2,1-4H3,(H,24,26). The van der Waals surface area contributed by atoms with Gasteiger partial charge >= 0.3 is 0 Å². The van der Waals surface area contributed by atoms with Crippen LogP contribution >= 0.6 is 11.3 Å². The SMILES string of the molecule is CCc1cccc(CC)c1NC(=O)c1sc(N(C)c2ccccc2)nc1C. The van der Waals surface area contributed by atoms with Crippen LogP contribution in [0.5, 0.6) is 0 Å². The summed E-state index contributed by atoms with van der Waals surface area (Å²) in [6.07, 6.45) is 1.76. The third-order valence-corrected chi connectivity index (χ3v) is 5.89. The number of carbonyl (C=O) groups excluding carboxylic acids is 1. The molecule has 0 saturated carbocycles. The van der Waals surface area contributed by atoms with E-state index in [9.17, 15) is 4.79 Å². The van der Waals surface area contributed by atoms with Crippen LogP contribution in [0.4, 0.5) is 16.5 Å². The number of aryl methyl sites for hydroxylation is 3. The van der Waals surface area contributed by atoms with Crippen molar-refractivity contribution < 1.29 is 4.79 Å². The summed E-state index contributed by atoms with van der Waals surface area (Å²) in [4.78, 5) is 20.3. The van der Waals surface area contributed by atoms with Gasteiger partial charge in [0.1, 0.15) is 4.88 Å². The van der Waals surface area contributed by atoms with Crippen LogP contribution in [0.1, 0.15) is 40.3 Å². The van der Waals surface area contributed by atoms with Gasteiger partial charge in [-0.3, -0.25) is 4.79 Å². The fourth-order valence-corrected chi connectivity index (χ4v) is 4.02. The molecule has 1 heterocycles. The Hall–Kier alpha value is -2.66. The van der Waals surface area contributed by atoms with Gasteiger partial charge in [0.25, 0.3) is 5.91 Å². The van der Waals surface area contributed by atoms with Crippen molar-refractivity contribution in [1.29, 1.82) is 0 Å². The number of carbonyl (C=O) groups is 1. The van der Waals surface area contributed by atoms with Gasteiger partial charge in [-0.25, -0.2) is 4.98 Å². The molecule has 27 heavy (non-hydrogen) atoms. The number of rotatable bonds is 6. The fourth-order valence-electron chi connectivity index (χ4n) is 3.07. The highest BCUT2D eigenvalue weighted by atomic mass is 32.1. The lowest BCUT2D eigenvalue weighted by atomic mass is 10.0. The molecule has 3 aromatic rings. The minimum atomic E-state index is -0.0895. The molecule has 3 rings (SSSR count). The normalized spacial score (nSPS) is 10.7. The summed E-state index contributed by atoms with van der Waals surface area (Å²) >= 11 is 1.42. The molecule has 1 N–H and O–H groups in total. The molecule has 0 aliphatic heterocycles. The number of nitrogens with one attached hydrogen (secondary N) is 1. The Labute approximate surface area is 164 Å². The second-order valence-electron chi connectivity index (χ2n) is 6.42. The molecule has 0 unspecified atom stereocenters. The highest BCUT2D eigenvalue weighted by Crippen LogP contribution is 2.31. The summed E-state index contributed by atoms with van der Waals surface area (Å²) in [6.45, 7) is 6.10. The number of nitrogens with zero attached hydrogens (tertiary/aromatic N) is 2. The van der Waals surface area contributed by atoms with Gasteiger partial charge in [-0.15, -0.1) is 0 Å². The average Bonchev–Trinajstić information content (AvgIpc) is 3.10. The van der Waals surface area contributed by atoms with E-state index < -0.39 is 0 Å². The minimum absolute atomic E-state index is 0.0895. The minimum Gasteiger partial charge on any atom is -0.321 e. The Morgan fingerprint density at radius 2 is 1.67 bits per heavy atom. The van der Waals surface area contributed by atoms with Crippen LogP contribution in [0, 0.1) is 6.92 Å². The maximum Gasteiger partial charge on any atom is 0.267 e. The summed E-state index contributed by atoms with van der Waals surface area (Å²) < 4.78 is 0. The molecule has 2 aromatic carbocycles. The fraction of sp³-hybridized carbons (Fsp3) is 0.273. The Bertz CT molecular complexity index is 912. The number of thiazole rings is 1. The largest absolute Gasteiger partial charge is 0.321 e. The van der Waals surface area contributed by atoms with E-state index in [1.807, 2.05) is 49.2 Å². The van der Waals surface area contributed by atoms with Gasteiger partial charge in [0.2, 0.25) is 0 Å². The van der Waals surface area contributed by atoms with Crippen LogP contribution < -0.4 is 10.2 Å². The first kappa shape index (κ1) is 19.1. The van der Waals surface area contributed by atoms with E-state index in [0.29, 0.717) is 4.88 Å². The van der Waals surface area contributed by atoms with Crippen molar-refractivity contribution in [1.82, 2.24) is 4.98 Å². The van der Waals surface area contributed by atoms with E-state index in [-0.39, 0.29) is 5.91 Å². The molecule has 0 fully saturated rings. The molecule has 0 radical (unpaired) electrons. The Balaban J connectivity index is 1.88. The lowest BCUT2D eigenvalue weighted by Gasteiger charge is -2.15. The number of para-hydroxylation sites is 2. The van der Waals surface area contributed by atoms with E-state index in [1.165, 1.54) is 11.3 Å². The van der Waals surface area contributed by atoms with Crippen molar-refractivity contribution in [2.24, 2.45) is 0 Å². The summed E-state index contributed by atoms with van der Waals surface area (Å²) in [5.41, 5.74) is 5.06. The molecule has 5 heteroatoms. The number of aromatic nitrogens is 1. The zero-order chi connectivity index (χ0) is 19.4. The third kappa shape index (κ3) is 4.03. The molecule has 4 nitrogen and oxygen atoms in total. The second-order valence-corrected chi connectivity index (χ2v) is 7.40. The summed E-state index contributed by atoms with van der Waals surface area (Å²) in [7, 11) is 1.97. The van der Waals surface area contributed by atoms with Gasteiger partial charge in [0.15, 0.2) is 5.13 Å². The topological polar surface area (TPSA) is 45.2 Å². The molecule has 0 aliphatic rings. The van der Waals surface area contributed by atoms with Gasteiger partial charge in [0, 0.05) is 18.4 Å². The third-order valence-electron chi connectivity index (χ3n) is 4.66. The molecule has 1 amide bonds. The highest BCUT2D eigenvalue weighted by Gasteiger charge is 2.19. The molecular weight excluding hydrogens is 354 g/mol. The molecular formula is C22H25N3OS. The molecule has 1 aromatic heterocycles. The first-order valence-corrected chi connectivity index (χ1v) is 10.0. The molecule has 0 spiro atoms. The van der Waals surface area contributed by atoms with E-state index in [1.54, 1.807) is 0 Å². The van der Waals surface area contributed by atoms with Crippen molar-refractivity contribution in [3.63, 3.8) is 0 Å². The van der Waals surface area contributed by atoms with Crippen molar-refractivity contribution >= 4 is 33.8 Å². The van der Waals surface area contributed by atoms with Crippen molar-refractivity contribution in [2.45, 2.75) is 33.6 Å². The quantitative estimate of drug-likeness (QED) is 0.607. The van der Waals surface area contributed by atoms with Gasteiger partial charge in [0.05, 0.1) is 5.69 Å². The first-order valence-electron chi connectivity index (χ1n) is 9.23. The number of amides is 1. The Morgan fingerprint density at radius 1 is 1.04 bits per heavy atom. The van der Waals surface area contributed by atoms with Crippen LogP contribution in [-0.2, 0) is 12.8 Å². The van der Waals surface area contributed by atoms with Gasteiger partial charge < -0.3 is 10.2 Å². The second kappa shape index (κ2) is 8.35. The van der Waals surface area contributed by atoms with Crippen LogP contribution in [0.25, 0.3) is 0 Å². The number of hydrogen-bond acceptors (Lipinski definition) is 4. The summed E-state index contributed by atoms with van der Waals surface area (Å²) in [5, 5.41) is 3.95. The monoisotopic (exact) mass is 379 g/mol. The van der Waals surface area contributed by atoms with E-state index in [2.05, 4.69) is 42.3 Å². The zero-order valence-corrected chi connectivity index (χ0v) is 17.1. The maximum atomic E-state index is 13.0. The highest BCUT2D eigenvalue weighted by molar-refractivity contribution is 7.17. The van der Waals surface area contributed by atoms with Crippen molar-refractivity contribution in [3.8, 4) is 0 Å². The number of benzene rings is 2. The number of anilines is 3. The smallest absolute Gasteiger partial charge is 0.267 e. The van der Waals surface area contributed by atoms with Gasteiger partial charge in [-0.1, -0.05) is 61.6 Å². The molecule has 0 saturated heterocycles. The average molecular weight is 380 g/mol. The van der Waals surface area contributed by atoms with E-state index >= 15 is 0 Å². The molecule has 140 valence electrons. The first-order chi connectivity index (χ1) is 13.0. The van der Waals surface area contributed by atoms with E-state index in [4.69, 9.17) is 0 Å². The summed E-state index contributed by atoms with van der Waals surface area (Å²) in [6, 6.07) is 16.2. The Morgan fingerprint density at radius 3 is 2.26 bits per heavy atom. The predicted molar refractivity (Wildman–Crippen MR) is 115 cm³/mol. The molecule has 0 aliphatic carbocycles. The lowest BCUT2D eigenvalue weighted by Crippen LogP contribution is -2.14. The van der Waals surface area contributed by atoms with E-state index in [0.717, 1.165) is 46.2 Å². The van der Waals surface area contributed by atoms with Gasteiger partial charge in [-0.05, 0) is 43.0 Å². The lowest BCUT2D eigenvalue weighted by molar-refractivity contribution is 0.102. The molecule has 0 bridgehead atoms. The van der Waals surface area contributed by atoms with Gasteiger partial charge in [-0.2, -0.15) is 0 Å². The molecule has 0 atom stereocenters.